The predicted octanol–water partition coefficient (Wildman–Crippen LogP) is 1.88. The maximum Gasteiger partial charge on any atom is 0.261 e. The van der Waals surface area contributed by atoms with Crippen LogP contribution in [0.5, 0.6) is 0 Å². The van der Waals surface area contributed by atoms with Crippen LogP contribution in [-0.4, -0.2) is 19.1 Å². The van der Waals surface area contributed by atoms with Gasteiger partial charge < -0.3 is 4.74 Å². The number of hydrogen-bond donors (Lipinski definition) is 0. The average molecular weight is 137 g/mol. The van der Waals surface area contributed by atoms with Crippen molar-refractivity contribution in [3.63, 3.8) is 0 Å². The molecule has 0 fully saturated rings. The summed E-state index contributed by atoms with van der Waals surface area (Å²) in [6.07, 6.45) is -1.98. The van der Waals surface area contributed by atoms with Crippen molar-refractivity contribution in [3.05, 3.63) is 6.92 Å². The molecule has 0 aliphatic rings. The molecule has 0 bridgehead atoms. The molecule has 1 atom stereocenters. The molecule has 3 heteroatoms. The molecule has 0 saturated carbocycles. The van der Waals surface area contributed by atoms with Gasteiger partial charge in [-0.05, 0) is 13.3 Å². The lowest BCUT2D eigenvalue weighted by molar-refractivity contribution is -0.0160. The molecule has 0 spiro atoms. The molecule has 1 radical (unpaired) electrons. The minimum Gasteiger partial charge on any atom is -0.373 e. The van der Waals surface area contributed by atoms with Crippen molar-refractivity contribution >= 4 is 0 Å². The minimum absolute atomic E-state index is 0.154. The quantitative estimate of drug-likeness (QED) is 0.574. The van der Waals surface area contributed by atoms with Crippen LogP contribution in [0.4, 0.5) is 8.78 Å². The highest BCUT2D eigenvalue weighted by Crippen LogP contribution is 1.99. The van der Waals surface area contributed by atoms with Crippen LogP contribution >= 0.6 is 0 Å². The molecule has 1 unspecified atom stereocenters. The van der Waals surface area contributed by atoms with E-state index in [4.69, 9.17) is 0 Å². The number of ether oxygens (including phenoxy) is 1. The zero-order valence-electron chi connectivity index (χ0n) is 5.44. The van der Waals surface area contributed by atoms with Gasteiger partial charge in [0.25, 0.3) is 6.43 Å². The highest BCUT2D eigenvalue weighted by molar-refractivity contribution is 4.50. The van der Waals surface area contributed by atoms with E-state index in [2.05, 4.69) is 11.7 Å². The van der Waals surface area contributed by atoms with Crippen molar-refractivity contribution in [2.75, 3.05) is 6.61 Å². The van der Waals surface area contributed by atoms with Gasteiger partial charge >= 0.3 is 0 Å². The summed E-state index contributed by atoms with van der Waals surface area (Å²) in [4.78, 5) is 0. The highest BCUT2D eigenvalue weighted by Gasteiger charge is 2.04. The molecular formula is C6H11F2O. The molecule has 0 aromatic rings. The van der Waals surface area contributed by atoms with Gasteiger partial charge in [0.05, 0.1) is 6.10 Å². The van der Waals surface area contributed by atoms with E-state index in [1.807, 2.05) is 0 Å². The van der Waals surface area contributed by atoms with Crippen LogP contribution in [0.2, 0.25) is 0 Å². The molecule has 0 aromatic carbocycles. The van der Waals surface area contributed by atoms with Crippen molar-refractivity contribution in [1.29, 1.82) is 0 Å². The minimum atomic E-state index is -2.36. The Hall–Kier alpha value is -0.180. The summed E-state index contributed by atoms with van der Waals surface area (Å²) in [5, 5.41) is 0. The maximum absolute atomic E-state index is 11.4. The van der Waals surface area contributed by atoms with Crippen molar-refractivity contribution in [2.24, 2.45) is 0 Å². The molecule has 1 nitrogen and oxygen atoms in total. The van der Waals surface area contributed by atoms with Gasteiger partial charge in [-0.25, -0.2) is 8.78 Å². The largest absolute Gasteiger partial charge is 0.373 e. The van der Waals surface area contributed by atoms with Gasteiger partial charge in [0, 0.05) is 0 Å². The topological polar surface area (TPSA) is 9.23 Å². The second-order valence-electron chi connectivity index (χ2n) is 1.82. The van der Waals surface area contributed by atoms with E-state index in [9.17, 15) is 8.78 Å². The Bertz CT molecular complexity index is 66.1. The predicted molar refractivity (Wildman–Crippen MR) is 31.4 cm³/mol. The summed E-state index contributed by atoms with van der Waals surface area (Å²) in [6.45, 7) is 4.74. The summed E-state index contributed by atoms with van der Waals surface area (Å²) >= 11 is 0. The number of hydrogen-bond acceptors (Lipinski definition) is 1. The third-order valence-electron chi connectivity index (χ3n) is 0.913. The Balaban J connectivity index is 3.06. The Morgan fingerprint density at radius 2 is 2.11 bits per heavy atom. The van der Waals surface area contributed by atoms with Crippen molar-refractivity contribution in [2.45, 2.75) is 25.9 Å². The molecule has 0 saturated heterocycles. The normalized spacial score (nSPS) is 14.3. The van der Waals surface area contributed by atoms with Crippen LogP contribution in [0.15, 0.2) is 0 Å². The number of rotatable bonds is 4. The number of alkyl halides is 2. The summed E-state index contributed by atoms with van der Waals surface area (Å²) in [6, 6.07) is 0. The summed E-state index contributed by atoms with van der Waals surface area (Å²) in [5.41, 5.74) is 0. The van der Waals surface area contributed by atoms with Crippen LogP contribution in [0.25, 0.3) is 0 Å². The Labute approximate surface area is 54.0 Å². The van der Waals surface area contributed by atoms with Crippen LogP contribution < -0.4 is 0 Å². The second kappa shape index (κ2) is 4.68. The van der Waals surface area contributed by atoms with Crippen LogP contribution in [-0.2, 0) is 4.74 Å². The van der Waals surface area contributed by atoms with Crippen molar-refractivity contribution < 1.29 is 13.5 Å². The molecule has 55 valence electrons. The van der Waals surface area contributed by atoms with Crippen LogP contribution in [0.3, 0.4) is 0 Å². The lowest BCUT2D eigenvalue weighted by Crippen LogP contribution is -2.12. The molecule has 0 N–H and O–H groups in total. The van der Waals surface area contributed by atoms with Gasteiger partial charge in [-0.2, -0.15) is 0 Å². The van der Waals surface area contributed by atoms with E-state index in [1.54, 1.807) is 6.92 Å². The molecule has 0 amide bonds. The van der Waals surface area contributed by atoms with E-state index < -0.39 is 13.0 Å². The van der Waals surface area contributed by atoms with E-state index in [0.29, 0.717) is 6.42 Å². The third-order valence-corrected chi connectivity index (χ3v) is 0.913. The third kappa shape index (κ3) is 5.69. The summed E-state index contributed by atoms with van der Waals surface area (Å²) < 4.78 is 27.4. The fraction of sp³-hybridized carbons (Fsp3) is 0.833. The molecule has 0 aliphatic heterocycles. The standard InChI is InChI=1S/C6H11F2O/c1-3-5(2)9-4-6(7)8/h5-6H,1,3-4H2,2H3. The van der Waals surface area contributed by atoms with Crippen molar-refractivity contribution in [3.8, 4) is 0 Å². The van der Waals surface area contributed by atoms with E-state index in [-0.39, 0.29) is 6.10 Å². The first-order valence-electron chi connectivity index (χ1n) is 2.85. The molecular weight excluding hydrogens is 126 g/mol. The van der Waals surface area contributed by atoms with Crippen LogP contribution in [0.1, 0.15) is 13.3 Å². The lowest BCUT2D eigenvalue weighted by Gasteiger charge is -2.08. The Morgan fingerprint density at radius 3 is 2.44 bits per heavy atom. The highest BCUT2D eigenvalue weighted by atomic mass is 19.3. The monoisotopic (exact) mass is 137 g/mol. The van der Waals surface area contributed by atoms with E-state index in [0.717, 1.165) is 0 Å². The first-order chi connectivity index (χ1) is 4.16. The molecule has 9 heavy (non-hydrogen) atoms. The first-order valence-corrected chi connectivity index (χ1v) is 2.85. The zero-order chi connectivity index (χ0) is 7.28. The first kappa shape index (κ1) is 8.82. The average Bonchev–Trinajstić information content (AvgIpc) is 1.83. The number of halogens is 2. The fourth-order valence-electron chi connectivity index (χ4n) is 0.320. The van der Waals surface area contributed by atoms with Gasteiger partial charge in [0.15, 0.2) is 0 Å². The SMILES string of the molecule is [CH2]CC(C)OCC(F)F. The van der Waals surface area contributed by atoms with Gasteiger partial charge in [-0.15, -0.1) is 0 Å². The fourth-order valence-corrected chi connectivity index (χ4v) is 0.320. The van der Waals surface area contributed by atoms with Crippen LogP contribution in [0, 0.1) is 6.92 Å². The van der Waals surface area contributed by atoms with Gasteiger partial charge in [0.2, 0.25) is 0 Å². The van der Waals surface area contributed by atoms with Gasteiger partial charge in [0.1, 0.15) is 6.61 Å². The van der Waals surface area contributed by atoms with E-state index >= 15 is 0 Å². The molecule has 0 aromatic heterocycles. The zero-order valence-corrected chi connectivity index (χ0v) is 5.44. The molecule has 0 heterocycles. The molecule has 0 aliphatic carbocycles. The summed E-state index contributed by atoms with van der Waals surface area (Å²) in [5.74, 6) is 0. The Kier molecular flexibility index (Phi) is 4.58. The van der Waals surface area contributed by atoms with Gasteiger partial charge in [-0.3, -0.25) is 0 Å². The van der Waals surface area contributed by atoms with Gasteiger partial charge in [-0.1, -0.05) is 6.92 Å². The van der Waals surface area contributed by atoms with E-state index in [1.165, 1.54) is 0 Å². The maximum atomic E-state index is 11.4. The van der Waals surface area contributed by atoms with Crippen molar-refractivity contribution in [1.82, 2.24) is 0 Å². The lowest BCUT2D eigenvalue weighted by atomic mass is 10.3. The Morgan fingerprint density at radius 1 is 1.56 bits per heavy atom. The molecule has 0 rings (SSSR count). The summed E-state index contributed by atoms with van der Waals surface area (Å²) in [7, 11) is 0. The smallest absolute Gasteiger partial charge is 0.261 e. The second-order valence-corrected chi connectivity index (χ2v) is 1.82.